The first-order valence-electron chi connectivity index (χ1n) is 10.0. The molecule has 1 fully saturated rings. The second-order valence-corrected chi connectivity index (χ2v) is 8.64. The molecule has 3 heterocycles. The summed E-state index contributed by atoms with van der Waals surface area (Å²) in [5, 5.41) is 1.74. The van der Waals surface area contributed by atoms with Gasteiger partial charge in [-0.15, -0.1) is 0 Å². The van der Waals surface area contributed by atoms with E-state index in [0.29, 0.717) is 30.3 Å². The van der Waals surface area contributed by atoms with Gasteiger partial charge in [-0.1, -0.05) is 35.9 Å². The Labute approximate surface area is 179 Å². The van der Waals surface area contributed by atoms with E-state index in [9.17, 15) is 9.59 Å². The van der Waals surface area contributed by atoms with E-state index in [4.69, 9.17) is 22.1 Å². The molecule has 6 nitrogen and oxygen atoms in total. The predicted molar refractivity (Wildman–Crippen MR) is 114 cm³/mol. The molecular weight excluding hydrogens is 402 g/mol. The number of nitrogens with two attached hydrogens (primary N) is 1. The van der Waals surface area contributed by atoms with Gasteiger partial charge >= 0.3 is 0 Å². The van der Waals surface area contributed by atoms with Crippen LogP contribution in [0.15, 0.2) is 54.7 Å². The summed E-state index contributed by atoms with van der Waals surface area (Å²) in [6.45, 7) is 2.85. The first kappa shape index (κ1) is 19.0. The Morgan fingerprint density at radius 2 is 2.03 bits per heavy atom. The number of fused-ring (bicyclic) bond motifs is 5. The van der Waals surface area contributed by atoms with E-state index in [2.05, 4.69) is 4.57 Å². The summed E-state index contributed by atoms with van der Waals surface area (Å²) in [7, 11) is 0. The average Bonchev–Trinajstić information content (AvgIpc) is 3.09. The number of halogens is 1. The number of carbonyl (C=O) groups excluding carboxylic acids is 2. The van der Waals surface area contributed by atoms with E-state index in [1.807, 2.05) is 61.7 Å². The molecule has 30 heavy (non-hydrogen) atoms. The second-order valence-electron chi connectivity index (χ2n) is 8.21. The van der Waals surface area contributed by atoms with Crippen LogP contribution in [0.2, 0.25) is 5.02 Å². The van der Waals surface area contributed by atoms with Crippen LogP contribution in [0, 0.1) is 5.92 Å². The average molecular weight is 424 g/mol. The van der Waals surface area contributed by atoms with Crippen molar-refractivity contribution >= 4 is 34.3 Å². The van der Waals surface area contributed by atoms with Gasteiger partial charge in [0.05, 0.1) is 0 Å². The van der Waals surface area contributed by atoms with Gasteiger partial charge in [0.15, 0.2) is 5.72 Å². The minimum Gasteiger partial charge on any atom is -0.468 e. The number of amides is 2. The van der Waals surface area contributed by atoms with Crippen molar-refractivity contribution < 1.29 is 14.3 Å². The number of rotatable bonds is 4. The highest BCUT2D eigenvalue weighted by Gasteiger charge is 2.55. The van der Waals surface area contributed by atoms with E-state index in [-0.39, 0.29) is 11.8 Å². The van der Waals surface area contributed by atoms with Crippen molar-refractivity contribution in [3.05, 3.63) is 65.3 Å². The fourth-order valence-electron chi connectivity index (χ4n) is 4.94. The summed E-state index contributed by atoms with van der Waals surface area (Å²) in [4.78, 5) is 27.3. The molecule has 154 valence electrons. The van der Waals surface area contributed by atoms with Gasteiger partial charge < -0.3 is 19.9 Å². The molecule has 7 heteroatoms. The maximum Gasteiger partial charge on any atom is 0.238 e. The zero-order valence-corrected chi connectivity index (χ0v) is 17.3. The van der Waals surface area contributed by atoms with Crippen LogP contribution in [0.1, 0.15) is 24.8 Å². The summed E-state index contributed by atoms with van der Waals surface area (Å²) < 4.78 is 8.36. The highest BCUT2D eigenvalue weighted by Crippen LogP contribution is 2.49. The lowest BCUT2D eigenvalue weighted by Gasteiger charge is -2.52. The van der Waals surface area contributed by atoms with Crippen molar-refractivity contribution in [2.75, 3.05) is 6.54 Å². The summed E-state index contributed by atoms with van der Waals surface area (Å²) in [5.74, 6) is -1.32. The summed E-state index contributed by atoms with van der Waals surface area (Å²) in [6.07, 6.45) is 2.50. The number of para-hydroxylation sites is 1. The molecule has 2 amide bonds. The number of benzene rings is 2. The molecule has 3 atom stereocenters. The van der Waals surface area contributed by atoms with Crippen molar-refractivity contribution in [2.45, 2.75) is 31.5 Å². The highest BCUT2D eigenvalue weighted by atomic mass is 35.5. The van der Waals surface area contributed by atoms with Crippen molar-refractivity contribution in [2.24, 2.45) is 11.7 Å². The van der Waals surface area contributed by atoms with Crippen LogP contribution in [-0.4, -0.2) is 33.6 Å². The van der Waals surface area contributed by atoms with Crippen LogP contribution in [0.4, 0.5) is 0 Å². The number of piperidine rings is 1. The van der Waals surface area contributed by atoms with Crippen molar-refractivity contribution in [1.82, 2.24) is 9.47 Å². The van der Waals surface area contributed by atoms with E-state index in [0.717, 1.165) is 16.5 Å². The number of primary amides is 1. The first-order chi connectivity index (χ1) is 14.4. The SMILES string of the molecule is C[C@@]12C[C@@H](c3ccccc3O1)[C@H](C(N)=O)C(=O)N2CCn1ccc2ccc(Cl)cc21. The smallest absolute Gasteiger partial charge is 0.238 e. The monoisotopic (exact) mass is 423 g/mol. The standard InChI is InChI=1S/C23H22ClN3O3/c1-23-13-17(16-4-2-3-5-19(16)30-23)20(21(25)28)22(29)27(23)11-10-26-9-8-14-6-7-15(24)12-18(14)26/h2-9,12,17,20H,10-11,13H2,1H3,(H2,25,28)/t17-,20+,23-/m0/s1. The maximum atomic E-state index is 13.4. The van der Waals surface area contributed by atoms with E-state index in [1.165, 1.54) is 0 Å². The Morgan fingerprint density at radius 3 is 2.83 bits per heavy atom. The van der Waals surface area contributed by atoms with Crippen LogP contribution in [0.5, 0.6) is 5.75 Å². The van der Waals surface area contributed by atoms with Gasteiger partial charge in [0.1, 0.15) is 11.7 Å². The topological polar surface area (TPSA) is 77.6 Å². The Hall–Kier alpha value is -2.99. The lowest BCUT2D eigenvalue weighted by atomic mass is 9.73. The maximum absolute atomic E-state index is 13.4. The molecule has 2 aromatic carbocycles. The van der Waals surface area contributed by atoms with Gasteiger partial charge in [0.2, 0.25) is 11.8 Å². The quantitative estimate of drug-likeness (QED) is 0.652. The Morgan fingerprint density at radius 1 is 1.23 bits per heavy atom. The molecule has 1 aromatic heterocycles. The van der Waals surface area contributed by atoms with Gasteiger partial charge in [-0.2, -0.15) is 0 Å². The summed E-state index contributed by atoms with van der Waals surface area (Å²) in [5.41, 5.74) is 6.73. The summed E-state index contributed by atoms with van der Waals surface area (Å²) >= 11 is 6.16. The lowest BCUT2D eigenvalue weighted by molar-refractivity contribution is -0.175. The van der Waals surface area contributed by atoms with E-state index in [1.54, 1.807) is 4.90 Å². The third kappa shape index (κ3) is 2.86. The van der Waals surface area contributed by atoms with Crippen LogP contribution < -0.4 is 10.5 Å². The van der Waals surface area contributed by atoms with Crippen LogP contribution in [0.3, 0.4) is 0 Å². The molecule has 0 aliphatic carbocycles. The molecular formula is C23H22ClN3O3. The predicted octanol–water partition coefficient (Wildman–Crippen LogP) is 3.52. The van der Waals surface area contributed by atoms with Gasteiger partial charge in [-0.05, 0) is 42.1 Å². The van der Waals surface area contributed by atoms with Crippen molar-refractivity contribution in [3.8, 4) is 5.75 Å². The minimum atomic E-state index is -0.890. The number of nitrogens with zero attached hydrogens (tertiary/aromatic N) is 2. The molecule has 2 aliphatic heterocycles. The lowest BCUT2D eigenvalue weighted by Crippen LogP contribution is -2.65. The zero-order chi connectivity index (χ0) is 21.0. The Kier molecular flexibility index (Phi) is 4.29. The minimum absolute atomic E-state index is 0.271. The normalized spacial score (nSPS) is 25.1. The molecule has 5 rings (SSSR count). The van der Waals surface area contributed by atoms with Crippen molar-refractivity contribution in [1.29, 1.82) is 0 Å². The van der Waals surface area contributed by atoms with Crippen LogP contribution >= 0.6 is 11.6 Å². The Balaban J connectivity index is 1.49. The van der Waals surface area contributed by atoms with Crippen LogP contribution in [-0.2, 0) is 16.1 Å². The first-order valence-corrected chi connectivity index (χ1v) is 10.4. The Bertz CT molecular complexity index is 1170. The van der Waals surface area contributed by atoms with Gasteiger partial charge in [0.25, 0.3) is 0 Å². The summed E-state index contributed by atoms with van der Waals surface area (Å²) in [6, 6.07) is 15.3. The fraction of sp³-hybridized carbons (Fsp3) is 0.304. The fourth-order valence-corrected chi connectivity index (χ4v) is 5.10. The highest BCUT2D eigenvalue weighted by molar-refractivity contribution is 6.31. The third-order valence-electron chi connectivity index (χ3n) is 6.36. The number of hydrogen-bond donors (Lipinski definition) is 1. The van der Waals surface area contributed by atoms with Gasteiger partial charge in [0, 0.05) is 42.2 Å². The molecule has 0 unspecified atom stereocenters. The molecule has 1 saturated heterocycles. The van der Waals surface area contributed by atoms with Crippen molar-refractivity contribution in [3.63, 3.8) is 0 Å². The molecule has 0 spiro atoms. The van der Waals surface area contributed by atoms with E-state index >= 15 is 0 Å². The van der Waals surface area contributed by atoms with E-state index < -0.39 is 17.6 Å². The number of aromatic nitrogens is 1. The molecule has 3 aromatic rings. The number of ether oxygens (including phenoxy) is 1. The molecule has 2 aliphatic rings. The second kappa shape index (κ2) is 6.77. The number of likely N-dealkylation sites (tertiary alicyclic amines) is 1. The molecule has 0 saturated carbocycles. The van der Waals surface area contributed by atoms with Gasteiger partial charge in [-0.25, -0.2) is 0 Å². The molecule has 0 radical (unpaired) electrons. The third-order valence-corrected chi connectivity index (χ3v) is 6.59. The molecule has 2 bridgehead atoms. The largest absolute Gasteiger partial charge is 0.468 e. The molecule has 2 N–H and O–H groups in total. The number of hydrogen-bond acceptors (Lipinski definition) is 3. The number of carbonyl (C=O) groups is 2. The van der Waals surface area contributed by atoms with Gasteiger partial charge in [-0.3, -0.25) is 9.59 Å². The van der Waals surface area contributed by atoms with Crippen LogP contribution in [0.25, 0.3) is 10.9 Å². The zero-order valence-electron chi connectivity index (χ0n) is 16.5.